The number of benzene rings is 3. The summed E-state index contributed by atoms with van der Waals surface area (Å²) in [6.07, 6.45) is -3.64. The predicted molar refractivity (Wildman–Crippen MR) is 182 cm³/mol. The average molecular weight is 777 g/mol. The predicted octanol–water partition coefficient (Wildman–Crippen LogP) is 4.59. The third-order valence-corrected chi connectivity index (χ3v) is 8.15. The van der Waals surface area contributed by atoms with E-state index in [1.807, 2.05) is 12.1 Å². The number of carboxylic acids is 1. The second kappa shape index (κ2) is 16.7. The van der Waals surface area contributed by atoms with Crippen LogP contribution in [0.2, 0.25) is 5.02 Å². The zero-order valence-corrected chi connectivity index (χ0v) is 28.5. The zero-order chi connectivity index (χ0) is 39.0. The highest BCUT2D eigenvalue weighted by Gasteiger charge is 2.45. The number of halogens is 6. The van der Waals surface area contributed by atoms with Crippen LogP contribution >= 0.6 is 11.6 Å². The van der Waals surface area contributed by atoms with Gasteiger partial charge < -0.3 is 36.4 Å². The first kappa shape index (κ1) is 39.1. The fraction of sp³-hybridized carbons (Fsp3) is 0.265. The molecule has 0 spiro atoms. The van der Waals surface area contributed by atoms with Crippen molar-refractivity contribution in [1.29, 1.82) is 0 Å². The molecule has 3 amide bonds. The third kappa shape index (κ3) is 10.7. The molecule has 1 atom stereocenters. The van der Waals surface area contributed by atoms with Crippen LogP contribution < -0.4 is 31.3 Å². The van der Waals surface area contributed by atoms with E-state index < -0.39 is 77.8 Å². The van der Waals surface area contributed by atoms with Crippen LogP contribution in [0.3, 0.4) is 0 Å². The number of carbonyl (C=O) groups excluding carboxylic acids is 3. The lowest BCUT2D eigenvalue weighted by atomic mass is 10.1. The number of carbonyl (C=O) groups is 4. The topological polar surface area (TPSA) is 197 Å². The van der Waals surface area contributed by atoms with E-state index in [1.54, 1.807) is 12.1 Å². The van der Waals surface area contributed by atoms with Crippen LogP contribution in [0.15, 0.2) is 66.7 Å². The maximum atomic E-state index is 13.8. The number of alkyl halides is 3. The van der Waals surface area contributed by atoms with E-state index >= 15 is 0 Å². The maximum Gasteiger partial charge on any atom is 0.422 e. The summed E-state index contributed by atoms with van der Waals surface area (Å²) in [4.78, 5) is 61.0. The molecule has 20 heteroatoms. The molecule has 0 saturated heterocycles. The van der Waals surface area contributed by atoms with Gasteiger partial charge in [0.05, 0.1) is 5.54 Å². The number of aliphatic carboxylic acids is 1. The minimum atomic E-state index is -4.66. The van der Waals surface area contributed by atoms with E-state index in [0.29, 0.717) is 17.9 Å². The lowest BCUT2D eigenvalue weighted by molar-refractivity contribution is -0.154. The van der Waals surface area contributed by atoms with Crippen molar-refractivity contribution >= 4 is 52.9 Å². The van der Waals surface area contributed by atoms with Crippen molar-refractivity contribution in [3.05, 3.63) is 100 Å². The van der Waals surface area contributed by atoms with Gasteiger partial charge in [0.15, 0.2) is 6.61 Å². The summed E-state index contributed by atoms with van der Waals surface area (Å²) in [5.74, 6) is -6.76. The summed E-state index contributed by atoms with van der Waals surface area (Å²) in [5.41, 5.74) is 0.131. The third-order valence-electron chi connectivity index (χ3n) is 7.90. The number of ether oxygens (including phenoxy) is 1. The Morgan fingerprint density at radius 2 is 1.50 bits per heavy atom. The highest BCUT2D eigenvalue weighted by Crippen LogP contribution is 2.48. The molecule has 6 N–H and O–H groups in total. The first-order valence-electron chi connectivity index (χ1n) is 16.0. The minimum Gasteiger partial charge on any atom is -0.480 e. The Hall–Kier alpha value is -6.11. The van der Waals surface area contributed by atoms with Gasteiger partial charge in [-0.2, -0.15) is 28.1 Å². The van der Waals surface area contributed by atoms with E-state index in [2.05, 4.69) is 41.5 Å². The summed E-state index contributed by atoms with van der Waals surface area (Å²) in [7, 11) is 0. The summed E-state index contributed by atoms with van der Waals surface area (Å²) in [6.45, 7) is -2.62. The quantitative estimate of drug-likeness (QED) is 0.0730. The van der Waals surface area contributed by atoms with Gasteiger partial charge >= 0.3 is 30.0 Å². The van der Waals surface area contributed by atoms with Crippen LogP contribution in [-0.2, 0) is 26.5 Å². The van der Waals surface area contributed by atoms with E-state index in [1.165, 1.54) is 24.3 Å². The Kier molecular flexibility index (Phi) is 12.1. The van der Waals surface area contributed by atoms with E-state index in [-0.39, 0.29) is 36.1 Å². The number of hydrogen-bond acceptors (Lipinski definition) is 10. The average Bonchev–Trinajstić information content (AvgIpc) is 3.90. The largest absolute Gasteiger partial charge is 0.480 e. The second-order valence-electron chi connectivity index (χ2n) is 11.9. The molecule has 0 radical (unpaired) electrons. The molecule has 1 aromatic heterocycles. The Labute approximate surface area is 307 Å². The fourth-order valence-corrected chi connectivity index (χ4v) is 5.09. The minimum absolute atomic E-state index is 0.0152. The fourth-order valence-electron chi connectivity index (χ4n) is 4.97. The summed E-state index contributed by atoms with van der Waals surface area (Å²) in [5, 5.41) is 22.6. The second-order valence-corrected chi connectivity index (χ2v) is 12.3. The van der Waals surface area contributed by atoms with Crippen LogP contribution in [0.1, 0.15) is 40.7 Å². The Morgan fingerprint density at radius 3 is 2.11 bits per heavy atom. The molecule has 5 rings (SSSR count). The molecule has 0 aliphatic heterocycles. The molecule has 0 unspecified atom stereocenters. The first-order chi connectivity index (χ1) is 25.6. The molecule has 3 aromatic carbocycles. The molecule has 1 heterocycles. The van der Waals surface area contributed by atoms with Crippen molar-refractivity contribution in [2.24, 2.45) is 0 Å². The highest BCUT2D eigenvalue weighted by atomic mass is 35.5. The molecule has 1 aliphatic carbocycles. The van der Waals surface area contributed by atoms with Crippen LogP contribution in [0.5, 0.6) is 6.01 Å². The van der Waals surface area contributed by atoms with Gasteiger partial charge in [-0.25, -0.2) is 13.6 Å². The van der Waals surface area contributed by atoms with Crippen LogP contribution in [0.25, 0.3) is 0 Å². The van der Waals surface area contributed by atoms with Crippen LogP contribution in [-0.4, -0.2) is 69.1 Å². The molecule has 284 valence electrons. The zero-order valence-electron chi connectivity index (χ0n) is 27.8. The lowest BCUT2D eigenvalue weighted by Gasteiger charge is -2.19. The van der Waals surface area contributed by atoms with Gasteiger partial charge in [0.2, 0.25) is 11.9 Å². The van der Waals surface area contributed by atoms with Crippen molar-refractivity contribution in [1.82, 2.24) is 30.9 Å². The number of nitrogens with zero attached hydrogens (tertiary/aromatic N) is 3. The van der Waals surface area contributed by atoms with Gasteiger partial charge in [0.1, 0.15) is 17.7 Å². The smallest absolute Gasteiger partial charge is 0.422 e. The van der Waals surface area contributed by atoms with Crippen molar-refractivity contribution in [2.75, 3.05) is 23.8 Å². The van der Waals surface area contributed by atoms with E-state index in [4.69, 9.17) is 16.3 Å². The lowest BCUT2D eigenvalue weighted by Crippen LogP contribution is -2.45. The molecule has 14 nitrogen and oxygen atoms in total. The van der Waals surface area contributed by atoms with Crippen molar-refractivity contribution < 1.29 is 51.0 Å². The molecule has 1 saturated carbocycles. The van der Waals surface area contributed by atoms with Gasteiger partial charge in [-0.05, 0) is 73.4 Å². The van der Waals surface area contributed by atoms with Gasteiger partial charge in [-0.1, -0.05) is 29.8 Å². The van der Waals surface area contributed by atoms with Crippen LogP contribution in [0, 0.1) is 11.6 Å². The summed E-state index contributed by atoms with van der Waals surface area (Å²) in [6, 6.07) is 13.5. The highest BCUT2D eigenvalue weighted by molar-refractivity contribution is 6.35. The SMILES string of the molecule is O=C(NCC[C@H](NC(=O)c1ccc(Nc2nc(NC3(c4ccc(Cl)cc4)CC3)nc(OCC(F)(F)F)n2)cc1)C(=O)O)C(=O)NCc1c(F)cccc1F. The summed E-state index contributed by atoms with van der Waals surface area (Å²) < 4.78 is 71.0. The monoisotopic (exact) mass is 776 g/mol. The number of rotatable bonds is 15. The number of carboxylic acid groups (broad SMARTS) is 1. The number of nitrogens with one attached hydrogen (secondary N) is 5. The Balaban J connectivity index is 1.17. The normalized spacial score (nSPS) is 13.6. The van der Waals surface area contributed by atoms with E-state index in [9.17, 15) is 46.2 Å². The van der Waals surface area contributed by atoms with Gasteiger partial charge in [0, 0.05) is 34.9 Å². The van der Waals surface area contributed by atoms with Gasteiger partial charge in [0.25, 0.3) is 5.91 Å². The molecule has 54 heavy (non-hydrogen) atoms. The Morgan fingerprint density at radius 1 is 0.870 bits per heavy atom. The molecule has 0 bridgehead atoms. The number of aromatic nitrogens is 3. The molecular formula is C34H30ClF5N8O6. The van der Waals surface area contributed by atoms with Gasteiger partial charge in [-0.15, -0.1) is 0 Å². The van der Waals surface area contributed by atoms with E-state index in [0.717, 1.165) is 23.8 Å². The molecular weight excluding hydrogens is 747 g/mol. The standard InChI is InChI=1S/C34H30ClF5N8O6/c35-20-8-6-19(7-9-20)33(13-14-33)48-31-45-30(46-32(47-31)54-17-34(38,39)40)43-21-10-4-18(5-11-21)26(49)44-25(29(52)53)12-15-41-27(50)28(51)42-16-22-23(36)2-1-3-24(22)37/h1-11,25H,12-17H2,(H,41,50)(H,42,51)(H,44,49)(H,52,53)(H2,43,45,46,47,48)/t25-/m0/s1. The number of anilines is 3. The van der Waals surface area contributed by atoms with Gasteiger partial charge in [-0.3, -0.25) is 14.4 Å². The Bertz CT molecular complexity index is 2000. The molecule has 4 aromatic rings. The maximum absolute atomic E-state index is 13.8. The van der Waals surface area contributed by atoms with Crippen molar-refractivity contribution in [3.63, 3.8) is 0 Å². The van der Waals surface area contributed by atoms with Crippen LogP contribution in [0.4, 0.5) is 39.5 Å². The first-order valence-corrected chi connectivity index (χ1v) is 16.4. The number of amides is 3. The molecule has 1 fully saturated rings. The molecule has 1 aliphatic rings. The number of hydrogen-bond donors (Lipinski definition) is 6. The summed E-state index contributed by atoms with van der Waals surface area (Å²) >= 11 is 6.00. The van der Waals surface area contributed by atoms with Crippen molar-refractivity contribution in [2.45, 2.75) is 43.6 Å². The van der Waals surface area contributed by atoms with Crippen molar-refractivity contribution in [3.8, 4) is 6.01 Å².